The van der Waals surface area contributed by atoms with Crippen LogP contribution in [0.5, 0.6) is 0 Å². The molecule has 42 heavy (non-hydrogen) atoms. The number of amides is 1. The molecule has 1 aliphatic heterocycles. The first-order valence-electron chi connectivity index (χ1n) is 13.3. The second kappa shape index (κ2) is 12.9. The summed E-state index contributed by atoms with van der Waals surface area (Å²) < 4.78 is 69.0. The molecule has 14 heteroatoms. The van der Waals surface area contributed by atoms with Gasteiger partial charge in [-0.25, -0.2) is 13.1 Å². The van der Waals surface area contributed by atoms with Gasteiger partial charge in [0.1, 0.15) is 0 Å². The third-order valence-corrected chi connectivity index (χ3v) is 9.04. The highest BCUT2D eigenvalue weighted by molar-refractivity contribution is 7.99. The van der Waals surface area contributed by atoms with E-state index < -0.39 is 32.6 Å². The number of alkyl halides is 3. The van der Waals surface area contributed by atoms with Gasteiger partial charge in [0, 0.05) is 54.6 Å². The molecule has 1 aliphatic rings. The average Bonchev–Trinajstić information content (AvgIpc) is 2.95. The molecule has 1 aromatic heterocycles. The maximum atomic E-state index is 13.8. The number of nitrogens with zero attached hydrogens (tertiary/aromatic N) is 4. The van der Waals surface area contributed by atoms with Gasteiger partial charge in [-0.15, -0.1) is 22.0 Å². The van der Waals surface area contributed by atoms with Gasteiger partial charge in [0.15, 0.2) is 11.5 Å². The van der Waals surface area contributed by atoms with Crippen LogP contribution in [0.25, 0.3) is 0 Å². The van der Waals surface area contributed by atoms with E-state index in [0.717, 1.165) is 30.1 Å². The zero-order chi connectivity index (χ0) is 30.5. The summed E-state index contributed by atoms with van der Waals surface area (Å²) in [7, 11) is -4.63. The van der Waals surface area contributed by atoms with E-state index in [1.54, 1.807) is 10.8 Å². The highest BCUT2D eigenvalue weighted by Gasteiger charge is 2.35. The SMILES string of the molecule is CC(C)(C)N1CCN(c2ccc(C(=O)NS(=O)(=O)c3ccc(NCCSc4ccccc4)c(C(F)(F)F)c3)nn2)CC1. The summed E-state index contributed by atoms with van der Waals surface area (Å²) >= 11 is 1.47. The number of hydrogen-bond donors (Lipinski definition) is 2. The van der Waals surface area contributed by atoms with Gasteiger partial charge in [0.2, 0.25) is 0 Å². The number of carbonyl (C=O) groups excluding carboxylic acids is 1. The molecule has 2 heterocycles. The molecule has 3 aromatic rings. The lowest BCUT2D eigenvalue weighted by Gasteiger charge is -2.42. The van der Waals surface area contributed by atoms with E-state index in [0.29, 0.717) is 30.7 Å². The van der Waals surface area contributed by atoms with Crippen LogP contribution < -0.4 is 14.9 Å². The normalized spacial score (nSPS) is 15.0. The van der Waals surface area contributed by atoms with Gasteiger partial charge in [-0.2, -0.15) is 13.2 Å². The lowest BCUT2D eigenvalue weighted by Crippen LogP contribution is -2.53. The number of benzene rings is 2. The third kappa shape index (κ3) is 8.13. The minimum Gasteiger partial charge on any atom is -0.384 e. The molecule has 0 spiro atoms. The largest absolute Gasteiger partial charge is 0.418 e. The number of hydrogen-bond acceptors (Lipinski definition) is 9. The van der Waals surface area contributed by atoms with Crippen molar-refractivity contribution in [3.8, 4) is 0 Å². The van der Waals surface area contributed by atoms with Crippen LogP contribution in [0.4, 0.5) is 24.7 Å². The summed E-state index contributed by atoms with van der Waals surface area (Å²) in [5, 5.41) is 10.7. The van der Waals surface area contributed by atoms with Crippen LogP contribution in [0.3, 0.4) is 0 Å². The average molecular weight is 623 g/mol. The molecule has 0 saturated carbocycles. The quantitative estimate of drug-likeness (QED) is 0.259. The summed E-state index contributed by atoms with van der Waals surface area (Å²) in [5.41, 5.74) is -1.64. The smallest absolute Gasteiger partial charge is 0.384 e. The number of carbonyl (C=O) groups is 1. The van der Waals surface area contributed by atoms with Crippen molar-refractivity contribution in [2.24, 2.45) is 0 Å². The molecule has 9 nitrogen and oxygen atoms in total. The Bertz CT molecular complexity index is 1470. The van der Waals surface area contributed by atoms with Crippen LogP contribution in [0.1, 0.15) is 36.8 Å². The first-order valence-corrected chi connectivity index (χ1v) is 15.7. The minimum atomic E-state index is -4.83. The van der Waals surface area contributed by atoms with E-state index in [-0.39, 0.29) is 23.5 Å². The number of aromatic nitrogens is 2. The van der Waals surface area contributed by atoms with Crippen LogP contribution in [0, 0.1) is 0 Å². The topological polar surface area (TPSA) is 108 Å². The van der Waals surface area contributed by atoms with Crippen molar-refractivity contribution >= 4 is 39.2 Å². The molecule has 1 saturated heterocycles. The van der Waals surface area contributed by atoms with Gasteiger partial charge < -0.3 is 10.2 Å². The number of anilines is 2. The Morgan fingerprint density at radius 2 is 1.64 bits per heavy atom. The summed E-state index contributed by atoms with van der Waals surface area (Å²) in [6.45, 7) is 9.73. The second-order valence-corrected chi connectivity index (χ2v) is 13.5. The molecule has 2 aromatic carbocycles. The molecule has 1 fully saturated rings. The molecular weight excluding hydrogens is 589 g/mol. The molecule has 4 rings (SSSR count). The Hall–Kier alpha value is -3.36. The van der Waals surface area contributed by atoms with Gasteiger partial charge in [0.25, 0.3) is 15.9 Å². The molecule has 2 N–H and O–H groups in total. The minimum absolute atomic E-state index is 0.0462. The number of piperazine rings is 1. The number of sulfonamides is 1. The molecule has 0 unspecified atom stereocenters. The van der Waals surface area contributed by atoms with Crippen LogP contribution in [-0.2, 0) is 16.2 Å². The van der Waals surface area contributed by atoms with E-state index in [9.17, 15) is 26.4 Å². The zero-order valence-electron chi connectivity index (χ0n) is 23.5. The summed E-state index contributed by atoms with van der Waals surface area (Å²) in [6.07, 6.45) is -4.83. The second-order valence-electron chi connectivity index (χ2n) is 10.6. The Morgan fingerprint density at radius 1 is 0.952 bits per heavy atom. The van der Waals surface area contributed by atoms with E-state index >= 15 is 0 Å². The fraction of sp³-hybridized carbons (Fsp3) is 0.393. The fourth-order valence-electron chi connectivity index (χ4n) is 4.41. The standard InChI is InChI=1S/C28H33F3N6O3S2/c1-27(2,3)37-16-14-36(15-17-37)25-12-11-24(33-34-25)26(38)35-42(39,40)21-9-10-23(22(19-21)28(29,30)31)32-13-18-41-20-7-5-4-6-8-20/h4-12,19,32H,13-18H2,1-3H3,(H,35,38). The van der Waals surface area contributed by atoms with Crippen molar-refractivity contribution in [1.82, 2.24) is 19.8 Å². The van der Waals surface area contributed by atoms with Crippen LogP contribution in [0.15, 0.2) is 70.5 Å². The predicted octanol–water partition coefficient (Wildman–Crippen LogP) is 4.74. The van der Waals surface area contributed by atoms with Crippen molar-refractivity contribution in [2.75, 3.05) is 48.7 Å². The van der Waals surface area contributed by atoms with Crippen molar-refractivity contribution in [1.29, 1.82) is 0 Å². The maximum absolute atomic E-state index is 13.8. The van der Waals surface area contributed by atoms with E-state index in [4.69, 9.17) is 0 Å². The van der Waals surface area contributed by atoms with Crippen LogP contribution in [0.2, 0.25) is 0 Å². The molecule has 0 bridgehead atoms. The summed E-state index contributed by atoms with van der Waals surface area (Å²) in [6, 6.07) is 14.9. The molecule has 226 valence electrons. The Kier molecular flexibility index (Phi) is 9.68. The van der Waals surface area contributed by atoms with E-state index in [2.05, 4.69) is 41.2 Å². The van der Waals surface area contributed by atoms with Crippen molar-refractivity contribution in [3.05, 3.63) is 71.9 Å². The number of rotatable bonds is 9. The maximum Gasteiger partial charge on any atom is 0.418 e. The summed E-state index contributed by atoms with van der Waals surface area (Å²) in [5.74, 6) is -0.0620. The third-order valence-electron chi connectivity index (χ3n) is 6.70. The number of nitrogens with one attached hydrogen (secondary N) is 2. The van der Waals surface area contributed by atoms with Gasteiger partial charge in [-0.1, -0.05) is 18.2 Å². The van der Waals surface area contributed by atoms with Crippen LogP contribution in [-0.4, -0.2) is 73.4 Å². The van der Waals surface area contributed by atoms with Gasteiger partial charge in [0.05, 0.1) is 10.5 Å². The molecule has 0 atom stereocenters. The highest BCUT2D eigenvalue weighted by Crippen LogP contribution is 2.36. The molecular formula is C28H33F3N6O3S2. The Morgan fingerprint density at radius 3 is 2.24 bits per heavy atom. The predicted molar refractivity (Wildman–Crippen MR) is 157 cm³/mol. The van der Waals surface area contributed by atoms with Gasteiger partial charge >= 0.3 is 6.18 Å². The fourth-order valence-corrected chi connectivity index (χ4v) is 6.18. The Balaban J connectivity index is 1.40. The lowest BCUT2D eigenvalue weighted by atomic mass is 10.1. The summed E-state index contributed by atoms with van der Waals surface area (Å²) in [4.78, 5) is 17.3. The van der Waals surface area contributed by atoms with Crippen molar-refractivity contribution in [2.45, 2.75) is 42.3 Å². The van der Waals surface area contributed by atoms with Crippen molar-refractivity contribution < 1.29 is 26.4 Å². The molecule has 0 aliphatic carbocycles. The van der Waals surface area contributed by atoms with Crippen LogP contribution >= 0.6 is 11.8 Å². The number of halogens is 3. The van der Waals surface area contributed by atoms with Gasteiger partial charge in [-0.05, 0) is 63.2 Å². The highest BCUT2D eigenvalue weighted by atomic mass is 32.2. The first kappa shape index (κ1) is 31.6. The van der Waals surface area contributed by atoms with E-state index in [1.807, 2.05) is 35.2 Å². The monoisotopic (exact) mass is 622 g/mol. The molecule has 1 amide bonds. The van der Waals surface area contributed by atoms with E-state index in [1.165, 1.54) is 17.8 Å². The lowest BCUT2D eigenvalue weighted by molar-refractivity contribution is -0.137. The first-order chi connectivity index (χ1) is 19.7. The van der Waals surface area contributed by atoms with Crippen molar-refractivity contribution in [3.63, 3.8) is 0 Å². The molecule has 0 radical (unpaired) electrons. The number of thioether (sulfide) groups is 1. The zero-order valence-corrected chi connectivity index (χ0v) is 25.1. The van der Waals surface area contributed by atoms with Gasteiger partial charge in [-0.3, -0.25) is 9.69 Å². The Labute approximate surface area is 247 Å².